The Morgan fingerprint density at radius 2 is 2.00 bits per heavy atom. The van der Waals surface area contributed by atoms with Crippen molar-refractivity contribution in [3.63, 3.8) is 0 Å². The van der Waals surface area contributed by atoms with Crippen molar-refractivity contribution in [2.75, 3.05) is 6.61 Å². The molecular weight excluding hydrogens is 214 g/mol. The summed E-state index contributed by atoms with van der Waals surface area (Å²) in [7, 11) is 0. The Balaban J connectivity index is 1.81. The summed E-state index contributed by atoms with van der Waals surface area (Å²) in [5.74, 6) is 2.58. The first kappa shape index (κ1) is 12.9. The number of carbonyl (C=O) groups is 1. The third-order valence-corrected chi connectivity index (χ3v) is 4.92. The second kappa shape index (κ2) is 4.97. The number of rotatable bonds is 4. The summed E-state index contributed by atoms with van der Waals surface area (Å²) in [6, 6.07) is 0.380. The Morgan fingerprint density at radius 3 is 2.59 bits per heavy atom. The van der Waals surface area contributed by atoms with E-state index in [-0.39, 0.29) is 11.8 Å². The molecule has 0 heterocycles. The predicted octanol–water partition coefficient (Wildman–Crippen LogP) is 1.80. The molecule has 2 aliphatic rings. The second-order valence-electron chi connectivity index (χ2n) is 6.33. The van der Waals surface area contributed by atoms with Crippen LogP contribution in [0.5, 0.6) is 0 Å². The molecule has 2 N–H and O–H groups in total. The first-order chi connectivity index (χ1) is 8.02. The van der Waals surface area contributed by atoms with Crippen LogP contribution in [0.1, 0.15) is 40.0 Å². The maximum absolute atomic E-state index is 12.0. The molecule has 0 bridgehead atoms. The summed E-state index contributed by atoms with van der Waals surface area (Å²) < 4.78 is 0. The minimum Gasteiger partial charge on any atom is -0.396 e. The van der Waals surface area contributed by atoms with Crippen LogP contribution in [0.4, 0.5) is 0 Å². The maximum Gasteiger partial charge on any atom is 0.223 e. The number of carbonyl (C=O) groups excluding carboxylic acids is 1. The van der Waals surface area contributed by atoms with Crippen molar-refractivity contribution < 1.29 is 9.90 Å². The minimum atomic E-state index is 0.101. The molecule has 2 fully saturated rings. The van der Waals surface area contributed by atoms with Gasteiger partial charge in [0.2, 0.25) is 5.91 Å². The molecule has 0 aromatic heterocycles. The zero-order valence-electron chi connectivity index (χ0n) is 11.1. The van der Waals surface area contributed by atoms with E-state index in [0.717, 1.165) is 25.2 Å². The van der Waals surface area contributed by atoms with Gasteiger partial charge in [-0.25, -0.2) is 0 Å². The summed E-state index contributed by atoms with van der Waals surface area (Å²) in [4.78, 5) is 12.0. The lowest BCUT2D eigenvalue weighted by molar-refractivity contribution is -0.128. The molecule has 0 aliphatic heterocycles. The number of aliphatic hydroxyl groups excluding tert-OH is 1. The maximum atomic E-state index is 12.0. The third-order valence-electron chi connectivity index (χ3n) is 4.92. The fourth-order valence-corrected chi connectivity index (χ4v) is 3.28. The quantitative estimate of drug-likeness (QED) is 0.786. The van der Waals surface area contributed by atoms with E-state index >= 15 is 0 Å². The average molecular weight is 239 g/mol. The van der Waals surface area contributed by atoms with Crippen molar-refractivity contribution in [2.24, 2.45) is 29.6 Å². The summed E-state index contributed by atoms with van der Waals surface area (Å²) in [5, 5.41) is 12.4. The van der Waals surface area contributed by atoms with E-state index in [1.165, 1.54) is 0 Å². The minimum absolute atomic E-state index is 0.101. The van der Waals surface area contributed by atoms with Crippen molar-refractivity contribution >= 4 is 5.91 Å². The highest BCUT2D eigenvalue weighted by Gasteiger charge is 2.47. The second-order valence-corrected chi connectivity index (χ2v) is 6.33. The largest absolute Gasteiger partial charge is 0.396 e. The first-order valence-electron chi connectivity index (χ1n) is 6.94. The van der Waals surface area contributed by atoms with Gasteiger partial charge in [-0.2, -0.15) is 0 Å². The smallest absolute Gasteiger partial charge is 0.223 e. The number of aliphatic hydroxyl groups is 1. The van der Waals surface area contributed by atoms with Gasteiger partial charge in [0.15, 0.2) is 0 Å². The highest BCUT2D eigenvalue weighted by Crippen LogP contribution is 2.49. The predicted molar refractivity (Wildman–Crippen MR) is 67.3 cm³/mol. The molecule has 0 spiro atoms. The molecule has 1 amide bonds. The van der Waals surface area contributed by atoms with Crippen molar-refractivity contribution in [2.45, 2.75) is 46.1 Å². The van der Waals surface area contributed by atoms with E-state index in [4.69, 9.17) is 0 Å². The Bertz CT molecular complexity index is 290. The van der Waals surface area contributed by atoms with E-state index in [1.54, 1.807) is 0 Å². The van der Waals surface area contributed by atoms with Crippen molar-refractivity contribution in [3.8, 4) is 0 Å². The number of amides is 1. The van der Waals surface area contributed by atoms with Crippen LogP contribution in [-0.2, 0) is 4.79 Å². The molecule has 0 saturated heterocycles. The molecule has 3 heteroatoms. The Morgan fingerprint density at radius 1 is 1.29 bits per heavy atom. The number of fused-ring (bicyclic) bond motifs is 1. The highest BCUT2D eigenvalue weighted by molar-refractivity contribution is 5.79. The standard InChI is InChI=1S/C14H25NO2/c1-8(2)9(3)14(17)15-13-6-11-4-10(7-16)5-12(11)13/h8-13,16H,4-7H2,1-3H3,(H,15,17). The molecule has 0 aromatic carbocycles. The topological polar surface area (TPSA) is 49.3 Å². The molecule has 0 aromatic rings. The molecule has 98 valence electrons. The van der Waals surface area contributed by atoms with Gasteiger partial charge in [-0.15, -0.1) is 0 Å². The number of nitrogens with one attached hydrogen (secondary N) is 1. The van der Waals surface area contributed by atoms with E-state index < -0.39 is 0 Å². The van der Waals surface area contributed by atoms with Gasteiger partial charge in [0.05, 0.1) is 0 Å². The zero-order chi connectivity index (χ0) is 12.6. The lowest BCUT2D eigenvalue weighted by Gasteiger charge is -2.41. The normalized spacial score (nSPS) is 37.5. The van der Waals surface area contributed by atoms with Gasteiger partial charge in [0, 0.05) is 18.6 Å². The van der Waals surface area contributed by atoms with E-state index in [9.17, 15) is 9.90 Å². The van der Waals surface area contributed by atoms with Gasteiger partial charge in [-0.3, -0.25) is 4.79 Å². The fourth-order valence-electron chi connectivity index (χ4n) is 3.28. The van der Waals surface area contributed by atoms with Crippen molar-refractivity contribution in [1.29, 1.82) is 0 Å². The molecule has 2 saturated carbocycles. The van der Waals surface area contributed by atoms with Crippen LogP contribution in [0.3, 0.4) is 0 Å². The molecule has 3 nitrogen and oxygen atoms in total. The Hall–Kier alpha value is -0.570. The van der Waals surface area contributed by atoms with Crippen LogP contribution < -0.4 is 5.32 Å². The van der Waals surface area contributed by atoms with Gasteiger partial charge in [-0.05, 0) is 42.9 Å². The highest BCUT2D eigenvalue weighted by atomic mass is 16.3. The lowest BCUT2D eigenvalue weighted by Crippen LogP contribution is -2.52. The van der Waals surface area contributed by atoms with Gasteiger partial charge >= 0.3 is 0 Å². The third kappa shape index (κ3) is 2.49. The number of hydrogen-bond donors (Lipinski definition) is 2. The molecule has 17 heavy (non-hydrogen) atoms. The molecular formula is C14H25NO2. The van der Waals surface area contributed by atoms with Crippen LogP contribution in [-0.4, -0.2) is 23.7 Å². The first-order valence-corrected chi connectivity index (χ1v) is 6.94. The van der Waals surface area contributed by atoms with Gasteiger partial charge in [0.1, 0.15) is 0 Å². The van der Waals surface area contributed by atoms with Crippen LogP contribution in [0.15, 0.2) is 0 Å². The monoisotopic (exact) mass is 239 g/mol. The Kier molecular flexibility index (Phi) is 3.76. The van der Waals surface area contributed by atoms with Gasteiger partial charge in [-0.1, -0.05) is 20.8 Å². The molecule has 0 radical (unpaired) electrons. The summed E-state index contributed by atoms with van der Waals surface area (Å²) in [6.45, 7) is 6.49. The summed E-state index contributed by atoms with van der Waals surface area (Å²) >= 11 is 0. The van der Waals surface area contributed by atoms with Crippen LogP contribution in [0.25, 0.3) is 0 Å². The SMILES string of the molecule is CC(C)C(C)C(=O)NC1CC2CC(CO)CC21. The van der Waals surface area contributed by atoms with Crippen LogP contribution in [0, 0.1) is 29.6 Å². The number of hydrogen-bond acceptors (Lipinski definition) is 2. The Labute approximate surface area is 104 Å². The van der Waals surface area contributed by atoms with Crippen molar-refractivity contribution in [1.82, 2.24) is 5.32 Å². The molecule has 2 rings (SSSR count). The van der Waals surface area contributed by atoms with Crippen LogP contribution in [0.2, 0.25) is 0 Å². The summed E-state index contributed by atoms with van der Waals surface area (Å²) in [6.07, 6.45) is 3.38. The van der Waals surface area contributed by atoms with Crippen LogP contribution >= 0.6 is 0 Å². The lowest BCUT2D eigenvalue weighted by atomic mass is 9.71. The van der Waals surface area contributed by atoms with E-state index in [0.29, 0.717) is 30.4 Å². The molecule has 5 atom stereocenters. The fraction of sp³-hybridized carbons (Fsp3) is 0.929. The molecule has 5 unspecified atom stereocenters. The molecule has 2 aliphatic carbocycles. The van der Waals surface area contributed by atoms with E-state index in [1.807, 2.05) is 6.92 Å². The van der Waals surface area contributed by atoms with Gasteiger partial charge in [0.25, 0.3) is 0 Å². The van der Waals surface area contributed by atoms with Crippen molar-refractivity contribution in [3.05, 3.63) is 0 Å². The summed E-state index contributed by atoms with van der Waals surface area (Å²) in [5.41, 5.74) is 0. The zero-order valence-corrected chi connectivity index (χ0v) is 11.1. The average Bonchev–Trinajstić information content (AvgIpc) is 2.61. The van der Waals surface area contributed by atoms with E-state index in [2.05, 4.69) is 19.2 Å². The van der Waals surface area contributed by atoms with Gasteiger partial charge < -0.3 is 10.4 Å².